The molecule has 82 valence electrons. The lowest BCUT2D eigenvalue weighted by atomic mass is 9.94. The molecule has 0 bridgehead atoms. The van der Waals surface area contributed by atoms with E-state index in [0.29, 0.717) is 12.0 Å². The van der Waals surface area contributed by atoms with Crippen LogP contribution in [0.4, 0.5) is 5.69 Å². The van der Waals surface area contributed by atoms with Crippen molar-refractivity contribution in [2.45, 2.75) is 45.1 Å². The van der Waals surface area contributed by atoms with Gasteiger partial charge in [-0.15, -0.1) is 0 Å². The number of rotatable bonds is 3. The van der Waals surface area contributed by atoms with Gasteiger partial charge in [-0.25, -0.2) is 0 Å². The third-order valence-corrected chi connectivity index (χ3v) is 3.74. The molecule has 1 nitrogen and oxygen atoms in total. The maximum atomic E-state index is 2.47. The first-order chi connectivity index (χ1) is 7.25. The molecule has 0 spiro atoms. The Morgan fingerprint density at radius 2 is 2.00 bits per heavy atom. The number of hydrogen-bond donors (Lipinski definition) is 0. The van der Waals surface area contributed by atoms with Crippen LogP contribution in [0, 0.1) is 0 Å². The van der Waals surface area contributed by atoms with E-state index in [2.05, 4.69) is 50.1 Å². The Balaban J connectivity index is 2.20. The van der Waals surface area contributed by atoms with Gasteiger partial charge >= 0.3 is 0 Å². The van der Waals surface area contributed by atoms with E-state index in [-0.39, 0.29) is 0 Å². The Kier molecular flexibility index (Phi) is 2.99. The maximum absolute atomic E-state index is 2.47. The second kappa shape index (κ2) is 4.26. The van der Waals surface area contributed by atoms with Gasteiger partial charge in [0, 0.05) is 24.7 Å². The second-order valence-corrected chi connectivity index (χ2v) is 4.67. The number of likely N-dealkylation sites (N-methyl/N-ethyl adjacent to an activating group) is 1. The Labute approximate surface area is 93.1 Å². The minimum atomic E-state index is 0.692. The molecule has 1 heterocycles. The first-order valence-corrected chi connectivity index (χ1v) is 6.07. The molecule has 2 atom stereocenters. The van der Waals surface area contributed by atoms with Gasteiger partial charge in [-0.05, 0) is 18.1 Å². The minimum Gasteiger partial charge on any atom is -0.371 e. The van der Waals surface area contributed by atoms with E-state index >= 15 is 0 Å². The summed E-state index contributed by atoms with van der Waals surface area (Å²) in [5, 5.41) is 0. The zero-order chi connectivity index (χ0) is 10.8. The highest BCUT2D eigenvalue weighted by atomic mass is 15.2. The van der Waals surface area contributed by atoms with Gasteiger partial charge in [0.25, 0.3) is 0 Å². The van der Waals surface area contributed by atoms with Crippen molar-refractivity contribution >= 4 is 5.69 Å². The van der Waals surface area contributed by atoms with Crippen LogP contribution in [0.25, 0.3) is 0 Å². The number of benzene rings is 1. The molecule has 1 aliphatic heterocycles. The van der Waals surface area contributed by atoms with Crippen LogP contribution in [-0.2, 0) is 0 Å². The van der Waals surface area contributed by atoms with Crippen molar-refractivity contribution in [2.75, 3.05) is 11.9 Å². The minimum absolute atomic E-state index is 0.692. The lowest BCUT2D eigenvalue weighted by molar-refractivity contribution is 0.515. The Morgan fingerprint density at radius 1 is 1.27 bits per heavy atom. The van der Waals surface area contributed by atoms with Crippen molar-refractivity contribution in [2.24, 2.45) is 0 Å². The number of anilines is 1. The molecule has 0 aliphatic carbocycles. The second-order valence-electron chi connectivity index (χ2n) is 4.67. The predicted molar refractivity (Wildman–Crippen MR) is 66.6 cm³/mol. The van der Waals surface area contributed by atoms with E-state index in [1.165, 1.54) is 30.5 Å². The van der Waals surface area contributed by atoms with E-state index in [0.717, 1.165) is 0 Å². The molecule has 1 aromatic rings. The van der Waals surface area contributed by atoms with Crippen molar-refractivity contribution < 1.29 is 0 Å². The van der Waals surface area contributed by atoms with Gasteiger partial charge in [-0.2, -0.15) is 0 Å². The maximum Gasteiger partial charge on any atom is 0.0402 e. The summed E-state index contributed by atoms with van der Waals surface area (Å²) in [6, 6.07) is 9.54. The summed E-state index contributed by atoms with van der Waals surface area (Å²) in [4.78, 5) is 2.47. The summed E-state index contributed by atoms with van der Waals surface area (Å²) >= 11 is 0. The molecule has 1 aliphatic rings. The predicted octanol–water partition coefficient (Wildman–Crippen LogP) is 3.80. The first-order valence-electron chi connectivity index (χ1n) is 6.07. The topological polar surface area (TPSA) is 3.24 Å². The van der Waals surface area contributed by atoms with Crippen LogP contribution in [-0.4, -0.2) is 13.1 Å². The van der Waals surface area contributed by atoms with Gasteiger partial charge in [0.1, 0.15) is 0 Å². The summed E-state index contributed by atoms with van der Waals surface area (Å²) in [6.45, 7) is 4.63. The molecule has 0 radical (unpaired) electrons. The number of unbranched alkanes of at least 4 members (excludes halogenated alkanes) is 1. The fourth-order valence-corrected chi connectivity index (χ4v) is 2.77. The Bertz CT molecular complexity index is 303. The lowest BCUT2D eigenvalue weighted by Crippen LogP contribution is -2.29. The summed E-state index contributed by atoms with van der Waals surface area (Å²) in [6.07, 6.45) is 3.96. The number of hydrogen-bond acceptors (Lipinski definition) is 1. The molecule has 0 N–H and O–H groups in total. The van der Waals surface area contributed by atoms with Crippen molar-refractivity contribution in [3.8, 4) is 0 Å². The molecule has 0 saturated carbocycles. The van der Waals surface area contributed by atoms with E-state index in [9.17, 15) is 0 Å². The van der Waals surface area contributed by atoms with E-state index in [1.54, 1.807) is 0 Å². The molecular formula is C14H21N. The largest absolute Gasteiger partial charge is 0.371 e. The molecule has 0 amide bonds. The summed E-state index contributed by atoms with van der Waals surface area (Å²) in [5.74, 6) is 0.692. The number of para-hydroxylation sites is 1. The summed E-state index contributed by atoms with van der Waals surface area (Å²) in [5.41, 5.74) is 2.97. The van der Waals surface area contributed by atoms with Crippen molar-refractivity contribution in [1.29, 1.82) is 0 Å². The third kappa shape index (κ3) is 1.75. The quantitative estimate of drug-likeness (QED) is 0.722. The smallest absolute Gasteiger partial charge is 0.0402 e. The van der Waals surface area contributed by atoms with Crippen LogP contribution in [0.3, 0.4) is 0 Å². The van der Waals surface area contributed by atoms with Gasteiger partial charge in [0.05, 0.1) is 0 Å². The van der Waals surface area contributed by atoms with E-state index in [4.69, 9.17) is 0 Å². The van der Waals surface area contributed by atoms with Gasteiger partial charge in [-0.1, -0.05) is 44.9 Å². The standard InChI is InChI=1S/C14H21N/c1-4-5-9-13-11(2)12-8-6-7-10-14(12)15(13)3/h6-8,10-11,13H,4-5,9H2,1-3H3/t11-,13?/m0/s1. The van der Waals surface area contributed by atoms with Crippen LogP contribution >= 0.6 is 0 Å². The third-order valence-electron chi connectivity index (χ3n) is 3.74. The normalized spacial score (nSPS) is 24.3. The zero-order valence-corrected chi connectivity index (χ0v) is 10.0. The Hall–Kier alpha value is -0.980. The first kappa shape index (κ1) is 10.5. The van der Waals surface area contributed by atoms with Crippen LogP contribution in [0.15, 0.2) is 24.3 Å². The van der Waals surface area contributed by atoms with Crippen LogP contribution in [0.5, 0.6) is 0 Å². The molecular weight excluding hydrogens is 182 g/mol. The van der Waals surface area contributed by atoms with Gasteiger partial charge in [-0.3, -0.25) is 0 Å². The van der Waals surface area contributed by atoms with Crippen LogP contribution < -0.4 is 4.90 Å². The van der Waals surface area contributed by atoms with Crippen molar-refractivity contribution in [3.05, 3.63) is 29.8 Å². The van der Waals surface area contributed by atoms with E-state index in [1.807, 2.05) is 0 Å². The van der Waals surface area contributed by atoms with E-state index < -0.39 is 0 Å². The van der Waals surface area contributed by atoms with Gasteiger partial charge in [0.15, 0.2) is 0 Å². The SMILES string of the molecule is CCCCC1[C@@H](C)c2ccccc2N1C. The van der Waals surface area contributed by atoms with Crippen molar-refractivity contribution in [3.63, 3.8) is 0 Å². The number of nitrogens with zero attached hydrogens (tertiary/aromatic N) is 1. The zero-order valence-electron chi connectivity index (χ0n) is 10.0. The highest BCUT2D eigenvalue weighted by molar-refractivity contribution is 5.60. The van der Waals surface area contributed by atoms with Crippen LogP contribution in [0.2, 0.25) is 0 Å². The van der Waals surface area contributed by atoms with Crippen molar-refractivity contribution in [1.82, 2.24) is 0 Å². The van der Waals surface area contributed by atoms with Gasteiger partial charge < -0.3 is 4.90 Å². The Morgan fingerprint density at radius 3 is 2.67 bits per heavy atom. The molecule has 0 saturated heterocycles. The average molecular weight is 203 g/mol. The average Bonchev–Trinajstić information content (AvgIpc) is 2.51. The monoisotopic (exact) mass is 203 g/mol. The van der Waals surface area contributed by atoms with Gasteiger partial charge in [0.2, 0.25) is 0 Å². The summed E-state index contributed by atoms with van der Waals surface area (Å²) in [7, 11) is 2.24. The fourth-order valence-electron chi connectivity index (χ4n) is 2.77. The molecule has 15 heavy (non-hydrogen) atoms. The molecule has 1 heteroatoms. The molecule has 2 rings (SSSR count). The lowest BCUT2D eigenvalue weighted by Gasteiger charge is -2.25. The highest BCUT2D eigenvalue weighted by Crippen LogP contribution is 2.41. The summed E-state index contributed by atoms with van der Waals surface area (Å²) < 4.78 is 0. The van der Waals surface area contributed by atoms with Crippen LogP contribution in [0.1, 0.15) is 44.6 Å². The number of fused-ring (bicyclic) bond motifs is 1. The highest BCUT2D eigenvalue weighted by Gasteiger charge is 2.32. The molecule has 1 unspecified atom stereocenters. The fraction of sp³-hybridized carbons (Fsp3) is 0.571. The molecule has 0 fully saturated rings. The molecule has 1 aromatic carbocycles. The molecule has 0 aromatic heterocycles.